The molecule has 0 atom stereocenters. The Morgan fingerprint density at radius 1 is 1.08 bits per heavy atom. The number of oxazole rings is 1. The third kappa shape index (κ3) is 5.09. The van der Waals surface area contributed by atoms with Gasteiger partial charge in [-0.25, -0.2) is 4.98 Å². The summed E-state index contributed by atoms with van der Waals surface area (Å²) in [5, 5.41) is 7.42. The molecule has 0 amide bonds. The summed E-state index contributed by atoms with van der Waals surface area (Å²) < 4.78 is 11.3. The van der Waals surface area contributed by atoms with Gasteiger partial charge in [0.2, 0.25) is 5.89 Å². The summed E-state index contributed by atoms with van der Waals surface area (Å²) in [7, 11) is 0. The highest BCUT2D eigenvalue weighted by atomic mass is 35.5. The van der Waals surface area contributed by atoms with Crippen LogP contribution >= 0.6 is 12.4 Å². The number of nitrogens with one attached hydrogen (secondary N) is 1. The highest BCUT2D eigenvalue weighted by Gasteiger charge is 2.08. The van der Waals surface area contributed by atoms with Gasteiger partial charge in [0.15, 0.2) is 0 Å². The van der Waals surface area contributed by atoms with Crippen molar-refractivity contribution in [3.8, 4) is 17.2 Å². The Morgan fingerprint density at radius 2 is 1.80 bits per heavy atom. The van der Waals surface area contributed by atoms with Crippen LogP contribution in [0.15, 0.2) is 65.3 Å². The molecule has 25 heavy (non-hydrogen) atoms. The van der Waals surface area contributed by atoms with E-state index in [1.807, 2.05) is 54.6 Å². The van der Waals surface area contributed by atoms with E-state index in [-0.39, 0.29) is 18.2 Å². The Bertz CT molecular complexity index is 818. The molecule has 3 N–H and O–H groups in total. The van der Waals surface area contributed by atoms with E-state index in [1.165, 1.54) is 0 Å². The SMILES string of the molecule is Cl.N=C(N)Cc1ccccc1OCCc1coc(-c2ccccc2)n1. The zero-order chi connectivity index (χ0) is 16.8. The van der Waals surface area contributed by atoms with Crippen molar-refractivity contribution in [3.63, 3.8) is 0 Å². The lowest BCUT2D eigenvalue weighted by Gasteiger charge is -2.10. The molecule has 1 heterocycles. The van der Waals surface area contributed by atoms with E-state index in [0.29, 0.717) is 25.3 Å². The first-order valence-corrected chi connectivity index (χ1v) is 7.76. The van der Waals surface area contributed by atoms with Crippen LogP contribution in [0, 0.1) is 5.41 Å². The molecule has 0 bridgehead atoms. The fraction of sp³-hybridized carbons (Fsp3) is 0.158. The summed E-state index contributed by atoms with van der Waals surface area (Å²) in [6.07, 6.45) is 2.69. The van der Waals surface area contributed by atoms with Gasteiger partial charge in [0.25, 0.3) is 0 Å². The fourth-order valence-electron chi connectivity index (χ4n) is 2.40. The standard InChI is InChI=1S/C19H19N3O2.ClH/c20-18(21)12-15-8-4-5-9-17(15)23-11-10-16-13-24-19(22-16)14-6-2-1-3-7-14;/h1-9,13H,10-12H2,(H3,20,21);1H. The molecule has 3 aromatic rings. The third-order valence-electron chi connectivity index (χ3n) is 3.54. The van der Waals surface area contributed by atoms with Gasteiger partial charge in [-0.1, -0.05) is 36.4 Å². The maximum absolute atomic E-state index is 7.42. The van der Waals surface area contributed by atoms with Crippen molar-refractivity contribution in [2.45, 2.75) is 12.8 Å². The topological polar surface area (TPSA) is 85.1 Å². The van der Waals surface area contributed by atoms with Gasteiger partial charge >= 0.3 is 0 Å². The van der Waals surface area contributed by atoms with E-state index >= 15 is 0 Å². The molecule has 6 heteroatoms. The van der Waals surface area contributed by atoms with Gasteiger partial charge in [-0.3, -0.25) is 5.41 Å². The number of benzene rings is 2. The molecule has 0 unspecified atom stereocenters. The highest BCUT2D eigenvalue weighted by Crippen LogP contribution is 2.20. The number of ether oxygens (including phenoxy) is 1. The van der Waals surface area contributed by atoms with E-state index in [1.54, 1.807) is 6.26 Å². The summed E-state index contributed by atoms with van der Waals surface area (Å²) in [5.41, 5.74) is 8.19. The van der Waals surface area contributed by atoms with Crippen LogP contribution in [0.1, 0.15) is 11.3 Å². The van der Waals surface area contributed by atoms with Gasteiger partial charge in [0.1, 0.15) is 12.0 Å². The van der Waals surface area contributed by atoms with Gasteiger partial charge in [-0.15, -0.1) is 12.4 Å². The van der Waals surface area contributed by atoms with Crippen LogP contribution < -0.4 is 10.5 Å². The zero-order valence-corrected chi connectivity index (χ0v) is 14.5. The lowest BCUT2D eigenvalue weighted by molar-refractivity contribution is 0.318. The van der Waals surface area contributed by atoms with Gasteiger partial charge in [0.05, 0.1) is 18.1 Å². The monoisotopic (exact) mass is 357 g/mol. The maximum Gasteiger partial charge on any atom is 0.226 e. The molecule has 0 radical (unpaired) electrons. The largest absolute Gasteiger partial charge is 0.493 e. The second kappa shape index (κ2) is 8.89. The lowest BCUT2D eigenvalue weighted by Crippen LogP contribution is -2.14. The van der Waals surface area contributed by atoms with Crippen molar-refractivity contribution in [1.82, 2.24) is 4.98 Å². The summed E-state index contributed by atoms with van der Waals surface area (Å²) in [5.74, 6) is 1.48. The van der Waals surface area contributed by atoms with Crippen LogP contribution in [-0.4, -0.2) is 17.4 Å². The average Bonchev–Trinajstić information content (AvgIpc) is 3.06. The second-order valence-corrected chi connectivity index (χ2v) is 5.42. The molecule has 0 aliphatic carbocycles. The van der Waals surface area contributed by atoms with Gasteiger partial charge in [-0.2, -0.15) is 0 Å². The molecular formula is C19H20ClN3O2. The maximum atomic E-state index is 7.42. The van der Waals surface area contributed by atoms with E-state index in [0.717, 1.165) is 22.6 Å². The first-order valence-electron chi connectivity index (χ1n) is 7.76. The predicted molar refractivity (Wildman–Crippen MR) is 100 cm³/mol. The minimum absolute atomic E-state index is 0. The molecular weight excluding hydrogens is 338 g/mol. The Labute approximate surface area is 152 Å². The number of rotatable bonds is 7. The first kappa shape index (κ1) is 18.5. The minimum Gasteiger partial charge on any atom is -0.493 e. The molecule has 5 nitrogen and oxygen atoms in total. The first-order chi connectivity index (χ1) is 11.7. The van der Waals surface area contributed by atoms with Crippen LogP contribution in [-0.2, 0) is 12.8 Å². The number of hydrogen-bond acceptors (Lipinski definition) is 4. The molecule has 0 aliphatic rings. The molecule has 0 saturated heterocycles. The van der Waals surface area contributed by atoms with Crippen molar-refractivity contribution < 1.29 is 9.15 Å². The predicted octanol–water partition coefficient (Wildman–Crippen LogP) is 3.86. The van der Waals surface area contributed by atoms with Gasteiger partial charge in [0, 0.05) is 24.0 Å². The Balaban J connectivity index is 0.00000225. The number of para-hydroxylation sites is 1. The molecule has 2 aromatic carbocycles. The number of halogens is 1. The number of hydrogen-bond donors (Lipinski definition) is 2. The Morgan fingerprint density at radius 3 is 2.56 bits per heavy atom. The Kier molecular flexibility index (Phi) is 6.60. The number of amidine groups is 1. The van der Waals surface area contributed by atoms with E-state index in [2.05, 4.69) is 4.98 Å². The summed E-state index contributed by atoms with van der Waals surface area (Å²) in [6.45, 7) is 0.482. The van der Waals surface area contributed by atoms with Gasteiger partial charge < -0.3 is 14.9 Å². The van der Waals surface area contributed by atoms with Crippen LogP contribution in [0.3, 0.4) is 0 Å². The van der Waals surface area contributed by atoms with Crippen LogP contribution in [0.5, 0.6) is 5.75 Å². The smallest absolute Gasteiger partial charge is 0.226 e. The lowest BCUT2D eigenvalue weighted by atomic mass is 10.1. The minimum atomic E-state index is 0. The normalized spacial score (nSPS) is 10.1. The average molecular weight is 358 g/mol. The van der Waals surface area contributed by atoms with Crippen molar-refractivity contribution in [2.75, 3.05) is 6.61 Å². The zero-order valence-electron chi connectivity index (χ0n) is 13.6. The molecule has 3 rings (SSSR count). The molecule has 0 fully saturated rings. The molecule has 0 spiro atoms. The number of aromatic nitrogens is 1. The number of nitrogens with zero attached hydrogens (tertiary/aromatic N) is 1. The third-order valence-corrected chi connectivity index (χ3v) is 3.54. The highest BCUT2D eigenvalue weighted by molar-refractivity contribution is 5.85. The van der Waals surface area contributed by atoms with Crippen molar-refractivity contribution >= 4 is 18.2 Å². The molecule has 130 valence electrons. The van der Waals surface area contributed by atoms with Crippen molar-refractivity contribution in [2.24, 2.45) is 5.73 Å². The van der Waals surface area contributed by atoms with Gasteiger partial charge in [-0.05, 0) is 18.2 Å². The molecule has 0 aliphatic heterocycles. The fourth-order valence-corrected chi connectivity index (χ4v) is 2.40. The van der Waals surface area contributed by atoms with Crippen LogP contribution in [0.4, 0.5) is 0 Å². The van der Waals surface area contributed by atoms with E-state index in [9.17, 15) is 0 Å². The van der Waals surface area contributed by atoms with Crippen LogP contribution in [0.2, 0.25) is 0 Å². The summed E-state index contributed by atoms with van der Waals surface area (Å²) in [6, 6.07) is 17.4. The molecule has 1 aromatic heterocycles. The Hall–Kier alpha value is -2.79. The second-order valence-electron chi connectivity index (χ2n) is 5.42. The summed E-state index contributed by atoms with van der Waals surface area (Å²) in [4.78, 5) is 4.48. The quantitative estimate of drug-likeness (QED) is 0.496. The van der Waals surface area contributed by atoms with Crippen LogP contribution in [0.25, 0.3) is 11.5 Å². The summed E-state index contributed by atoms with van der Waals surface area (Å²) >= 11 is 0. The molecule has 0 saturated carbocycles. The number of nitrogens with two attached hydrogens (primary N) is 1. The van der Waals surface area contributed by atoms with Crippen molar-refractivity contribution in [3.05, 3.63) is 72.1 Å². The van der Waals surface area contributed by atoms with E-state index in [4.69, 9.17) is 20.3 Å². The van der Waals surface area contributed by atoms with Crippen molar-refractivity contribution in [1.29, 1.82) is 5.41 Å². The van der Waals surface area contributed by atoms with E-state index < -0.39 is 0 Å².